The van der Waals surface area contributed by atoms with Crippen LogP contribution in [0.15, 0.2) is 73.4 Å². The molecule has 0 radical (unpaired) electrons. The van der Waals surface area contributed by atoms with Gasteiger partial charge >= 0.3 is 12.0 Å². The van der Waals surface area contributed by atoms with Crippen molar-refractivity contribution in [1.29, 1.82) is 0 Å². The number of pyridine rings is 1. The summed E-state index contributed by atoms with van der Waals surface area (Å²) in [6.45, 7) is 6.48. The van der Waals surface area contributed by atoms with Gasteiger partial charge in [-0.05, 0) is 44.0 Å². The van der Waals surface area contributed by atoms with Crippen molar-refractivity contribution >= 4 is 45.8 Å². The predicted molar refractivity (Wildman–Crippen MR) is 189 cm³/mol. The summed E-state index contributed by atoms with van der Waals surface area (Å²) in [5.74, 6) is 0.697. The largest absolute Gasteiger partial charge is 0.494 e. The SMILES string of the molecule is COc1cc(N2CCOCC2)c(NC(=O)NCCc2cccnc2)cc1Nc1c(-c2ncncc2C(=O)OC(C)C)c2ccccc2n1C. The first-order valence-electron chi connectivity index (χ1n) is 16.2. The van der Waals surface area contributed by atoms with Gasteiger partial charge in [-0.25, -0.2) is 19.6 Å². The van der Waals surface area contributed by atoms with Crippen LogP contribution < -0.4 is 25.6 Å². The number of carbonyl (C=O) groups is 2. The number of aryl methyl sites for hydroxylation is 1. The number of aromatic nitrogens is 4. The van der Waals surface area contributed by atoms with E-state index < -0.39 is 5.97 Å². The van der Waals surface area contributed by atoms with Crippen LogP contribution in [0.25, 0.3) is 22.2 Å². The Labute approximate surface area is 284 Å². The molecule has 13 nitrogen and oxygen atoms in total. The van der Waals surface area contributed by atoms with E-state index in [9.17, 15) is 9.59 Å². The number of benzene rings is 2. The second-order valence-corrected chi connectivity index (χ2v) is 11.8. The fraction of sp³-hybridized carbons (Fsp3) is 0.306. The van der Waals surface area contributed by atoms with E-state index in [1.165, 1.54) is 12.5 Å². The first-order chi connectivity index (χ1) is 23.8. The highest BCUT2D eigenvalue weighted by atomic mass is 16.5. The van der Waals surface area contributed by atoms with Crippen LogP contribution in [-0.4, -0.2) is 77.6 Å². The quantitative estimate of drug-likeness (QED) is 0.154. The van der Waals surface area contributed by atoms with Crippen LogP contribution in [-0.2, 0) is 22.9 Å². The average molecular weight is 665 g/mol. The number of morpholine rings is 1. The van der Waals surface area contributed by atoms with Gasteiger partial charge in [0.25, 0.3) is 0 Å². The third kappa shape index (κ3) is 7.41. The van der Waals surface area contributed by atoms with Crippen molar-refractivity contribution in [3.63, 3.8) is 0 Å². The molecule has 0 bridgehead atoms. The van der Waals surface area contributed by atoms with Crippen molar-refractivity contribution in [2.45, 2.75) is 26.4 Å². The number of nitrogens with zero attached hydrogens (tertiary/aromatic N) is 5. The lowest BCUT2D eigenvalue weighted by Crippen LogP contribution is -2.37. The second-order valence-electron chi connectivity index (χ2n) is 11.8. The number of anilines is 4. The molecule has 0 atom stereocenters. The summed E-state index contributed by atoms with van der Waals surface area (Å²) in [6.07, 6.45) is 6.73. The predicted octanol–water partition coefficient (Wildman–Crippen LogP) is 5.55. The highest BCUT2D eigenvalue weighted by Gasteiger charge is 2.26. The Morgan fingerprint density at radius 2 is 1.84 bits per heavy atom. The Balaban J connectivity index is 1.40. The zero-order chi connectivity index (χ0) is 34.3. The molecule has 2 aromatic carbocycles. The lowest BCUT2D eigenvalue weighted by atomic mass is 10.0. The number of esters is 1. The summed E-state index contributed by atoms with van der Waals surface area (Å²) in [7, 11) is 3.54. The number of amides is 2. The zero-order valence-corrected chi connectivity index (χ0v) is 28.0. The van der Waals surface area contributed by atoms with Gasteiger partial charge in [-0.15, -0.1) is 0 Å². The molecule has 254 valence electrons. The number of rotatable bonds is 11. The molecule has 1 aliphatic heterocycles. The summed E-state index contributed by atoms with van der Waals surface area (Å²) < 4.78 is 19.1. The van der Waals surface area contributed by atoms with Gasteiger partial charge in [0.2, 0.25) is 0 Å². The molecule has 1 aliphatic rings. The number of hydrogen-bond donors (Lipinski definition) is 3. The minimum absolute atomic E-state index is 0.246. The molecule has 6 rings (SSSR count). The fourth-order valence-electron chi connectivity index (χ4n) is 5.90. The van der Waals surface area contributed by atoms with Gasteiger partial charge < -0.3 is 39.6 Å². The number of carbonyl (C=O) groups excluding carboxylic acids is 2. The maximum absolute atomic E-state index is 13.3. The number of nitrogens with one attached hydrogen (secondary N) is 3. The number of para-hydroxylation sites is 1. The van der Waals surface area contributed by atoms with E-state index in [-0.39, 0.29) is 17.7 Å². The van der Waals surface area contributed by atoms with Gasteiger partial charge in [0.15, 0.2) is 0 Å². The van der Waals surface area contributed by atoms with Crippen LogP contribution in [0.1, 0.15) is 29.8 Å². The van der Waals surface area contributed by atoms with E-state index in [0.29, 0.717) is 73.5 Å². The smallest absolute Gasteiger partial charge is 0.342 e. The minimum Gasteiger partial charge on any atom is -0.494 e. The van der Waals surface area contributed by atoms with Crippen LogP contribution in [0.2, 0.25) is 0 Å². The van der Waals surface area contributed by atoms with E-state index in [4.69, 9.17) is 14.2 Å². The average Bonchev–Trinajstić information content (AvgIpc) is 3.39. The van der Waals surface area contributed by atoms with Crippen LogP contribution in [0.4, 0.5) is 27.7 Å². The number of urea groups is 1. The highest BCUT2D eigenvalue weighted by molar-refractivity contribution is 6.08. The molecule has 0 aliphatic carbocycles. The van der Waals surface area contributed by atoms with Crippen molar-refractivity contribution in [3.8, 4) is 17.0 Å². The Hall–Kier alpha value is -5.69. The lowest BCUT2D eigenvalue weighted by Gasteiger charge is -2.31. The molecular weight excluding hydrogens is 624 g/mol. The van der Waals surface area contributed by atoms with Crippen molar-refractivity contribution in [2.24, 2.45) is 7.05 Å². The highest BCUT2D eigenvalue weighted by Crippen LogP contribution is 2.44. The topological polar surface area (TPSA) is 145 Å². The molecule has 2 amide bonds. The summed E-state index contributed by atoms with van der Waals surface area (Å²) in [6, 6.07) is 15.2. The van der Waals surface area contributed by atoms with Crippen LogP contribution in [0.5, 0.6) is 5.75 Å². The number of methoxy groups -OCH3 is 1. The number of hydrogen-bond acceptors (Lipinski definition) is 10. The molecular formula is C36H40N8O5. The van der Waals surface area contributed by atoms with Gasteiger partial charge in [-0.1, -0.05) is 24.3 Å². The Kier molecular flexibility index (Phi) is 10.2. The Morgan fingerprint density at radius 1 is 1.02 bits per heavy atom. The molecule has 3 aromatic heterocycles. The van der Waals surface area contributed by atoms with E-state index in [2.05, 4.69) is 35.8 Å². The van der Waals surface area contributed by atoms with Crippen LogP contribution >= 0.6 is 0 Å². The molecule has 0 spiro atoms. The number of ether oxygens (including phenoxy) is 3. The van der Waals surface area contributed by atoms with E-state index in [1.807, 2.05) is 60.1 Å². The zero-order valence-electron chi connectivity index (χ0n) is 28.0. The van der Waals surface area contributed by atoms with Gasteiger partial charge in [-0.3, -0.25) is 4.98 Å². The third-order valence-corrected chi connectivity index (χ3v) is 8.21. The van der Waals surface area contributed by atoms with Crippen molar-refractivity contribution in [3.05, 3.63) is 84.6 Å². The monoisotopic (exact) mass is 664 g/mol. The lowest BCUT2D eigenvalue weighted by molar-refractivity contribution is 0.0378. The fourth-order valence-corrected chi connectivity index (χ4v) is 5.90. The van der Waals surface area contributed by atoms with Crippen molar-refractivity contribution in [2.75, 3.05) is 55.5 Å². The summed E-state index contributed by atoms with van der Waals surface area (Å²) >= 11 is 0. The Bertz CT molecular complexity index is 1940. The molecule has 49 heavy (non-hydrogen) atoms. The van der Waals surface area contributed by atoms with Crippen molar-refractivity contribution in [1.82, 2.24) is 24.8 Å². The molecule has 3 N–H and O–H groups in total. The molecule has 4 heterocycles. The van der Waals surface area contributed by atoms with Crippen molar-refractivity contribution < 1.29 is 23.8 Å². The Morgan fingerprint density at radius 3 is 2.59 bits per heavy atom. The number of fused-ring (bicyclic) bond motifs is 1. The van der Waals surface area contributed by atoms with E-state index in [0.717, 1.165) is 22.2 Å². The van der Waals surface area contributed by atoms with Gasteiger partial charge in [-0.2, -0.15) is 0 Å². The molecule has 1 saturated heterocycles. The molecule has 5 aromatic rings. The van der Waals surface area contributed by atoms with E-state index in [1.54, 1.807) is 33.4 Å². The van der Waals surface area contributed by atoms with Gasteiger partial charge in [0.1, 0.15) is 23.5 Å². The normalized spacial score (nSPS) is 13.0. The molecule has 0 unspecified atom stereocenters. The maximum atomic E-state index is 13.3. The molecule has 1 fully saturated rings. The molecule has 0 saturated carbocycles. The molecule has 13 heteroatoms. The second kappa shape index (κ2) is 15.0. The first-order valence-corrected chi connectivity index (χ1v) is 16.2. The standard InChI is InChI=1S/C36H40N8O5/c1-23(2)49-35(45)26-21-38-22-40-33(26)32-25-9-5-6-10-29(25)43(3)34(32)41-28-18-27(30(19-31(28)47-4)44-14-16-48-17-15-44)42-36(46)39-13-11-24-8-7-12-37-20-24/h5-10,12,18-23,41H,11,13-17H2,1-4H3,(H2,39,42,46). The minimum atomic E-state index is -0.516. The third-order valence-electron chi connectivity index (χ3n) is 8.21. The van der Waals surface area contributed by atoms with Gasteiger partial charge in [0.05, 0.1) is 60.3 Å². The summed E-state index contributed by atoms with van der Waals surface area (Å²) in [4.78, 5) is 41.5. The summed E-state index contributed by atoms with van der Waals surface area (Å²) in [5.41, 5.74) is 5.30. The maximum Gasteiger partial charge on any atom is 0.342 e. The van der Waals surface area contributed by atoms with Crippen LogP contribution in [0, 0.1) is 0 Å². The summed E-state index contributed by atoms with van der Waals surface area (Å²) in [5, 5.41) is 10.5. The van der Waals surface area contributed by atoms with E-state index >= 15 is 0 Å². The van der Waals surface area contributed by atoms with Gasteiger partial charge in [0, 0.05) is 56.7 Å². The van der Waals surface area contributed by atoms with Crippen LogP contribution in [0.3, 0.4) is 0 Å². The first kappa shape index (κ1) is 33.2.